The van der Waals surface area contributed by atoms with Crippen LogP contribution in [0.15, 0.2) is 10.9 Å². The predicted molar refractivity (Wildman–Crippen MR) is 74.2 cm³/mol. The van der Waals surface area contributed by atoms with Crippen LogP contribution in [-0.2, 0) is 6.54 Å². The second-order valence-electron chi connectivity index (χ2n) is 4.71. The van der Waals surface area contributed by atoms with Crippen LogP contribution in [0.3, 0.4) is 0 Å². The van der Waals surface area contributed by atoms with E-state index in [1.165, 1.54) is 15.5 Å². The van der Waals surface area contributed by atoms with Gasteiger partial charge >= 0.3 is 12.0 Å². The van der Waals surface area contributed by atoms with E-state index in [0.29, 0.717) is 11.3 Å². The second-order valence-corrected chi connectivity index (χ2v) is 4.71. The third kappa shape index (κ3) is 3.37. The maximum Gasteiger partial charge on any atom is 0.337 e. The van der Waals surface area contributed by atoms with Gasteiger partial charge in [0, 0.05) is 38.9 Å². The molecule has 110 valence electrons. The number of urea groups is 1. The van der Waals surface area contributed by atoms with Crippen LogP contribution in [0.1, 0.15) is 21.6 Å². The number of hydrogen-bond acceptors (Lipinski definition) is 3. The smallest absolute Gasteiger partial charge is 0.337 e. The van der Waals surface area contributed by atoms with Crippen molar-refractivity contribution in [2.45, 2.75) is 20.4 Å². The number of aromatic nitrogens is 1. The Balaban J connectivity index is 2.96. The van der Waals surface area contributed by atoms with E-state index in [4.69, 9.17) is 5.11 Å². The highest BCUT2D eigenvalue weighted by atomic mass is 16.4. The zero-order valence-electron chi connectivity index (χ0n) is 12.1. The molecule has 7 nitrogen and oxygen atoms in total. The molecule has 0 bridgehead atoms. The molecule has 0 radical (unpaired) electrons. The minimum atomic E-state index is -1.06. The molecular weight excluding hydrogens is 262 g/mol. The van der Waals surface area contributed by atoms with Gasteiger partial charge in [0.2, 0.25) is 0 Å². The minimum absolute atomic E-state index is 0.128. The standard InChI is InChI=1S/C13H19N3O4/c1-8-7-10(17)16(9(2)11(8)12(18)19)6-5-14-13(20)15(3)4/h7H,5-6H2,1-4H3,(H,14,20)(H,18,19). The van der Waals surface area contributed by atoms with E-state index in [-0.39, 0.29) is 30.2 Å². The fourth-order valence-corrected chi connectivity index (χ4v) is 1.95. The molecule has 7 heteroatoms. The van der Waals surface area contributed by atoms with E-state index in [1.54, 1.807) is 27.9 Å². The van der Waals surface area contributed by atoms with Crippen LogP contribution in [0.2, 0.25) is 0 Å². The molecule has 1 heterocycles. The fourth-order valence-electron chi connectivity index (χ4n) is 1.95. The quantitative estimate of drug-likeness (QED) is 0.837. The molecule has 2 N–H and O–H groups in total. The number of hydrogen-bond donors (Lipinski definition) is 2. The van der Waals surface area contributed by atoms with E-state index >= 15 is 0 Å². The Kier molecular flexibility index (Phi) is 4.90. The van der Waals surface area contributed by atoms with Gasteiger partial charge in [0.15, 0.2) is 0 Å². The van der Waals surface area contributed by atoms with E-state index in [9.17, 15) is 14.4 Å². The molecule has 0 fully saturated rings. The first-order chi connectivity index (χ1) is 9.25. The SMILES string of the molecule is Cc1cc(=O)n(CCNC(=O)N(C)C)c(C)c1C(=O)O. The number of pyridine rings is 1. The van der Waals surface area contributed by atoms with Gasteiger partial charge in [0.1, 0.15) is 0 Å². The summed E-state index contributed by atoms with van der Waals surface area (Å²) in [4.78, 5) is 35.8. The molecule has 1 aromatic rings. The van der Waals surface area contributed by atoms with Crippen molar-refractivity contribution in [1.29, 1.82) is 0 Å². The Labute approximate surface area is 116 Å². The molecular formula is C13H19N3O4. The lowest BCUT2D eigenvalue weighted by atomic mass is 10.1. The lowest BCUT2D eigenvalue weighted by Gasteiger charge is -2.16. The van der Waals surface area contributed by atoms with Crippen LogP contribution in [0.4, 0.5) is 4.79 Å². The highest BCUT2D eigenvalue weighted by molar-refractivity contribution is 5.90. The Morgan fingerprint density at radius 1 is 1.35 bits per heavy atom. The number of carbonyl (C=O) groups is 2. The summed E-state index contributed by atoms with van der Waals surface area (Å²) in [6, 6.07) is 1.03. The molecule has 0 saturated heterocycles. The highest BCUT2D eigenvalue weighted by Gasteiger charge is 2.15. The van der Waals surface area contributed by atoms with E-state index in [2.05, 4.69) is 5.32 Å². The first kappa shape index (κ1) is 15.7. The van der Waals surface area contributed by atoms with E-state index in [0.717, 1.165) is 0 Å². The normalized spacial score (nSPS) is 10.2. The Morgan fingerprint density at radius 3 is 2.45 bits per heavy atom. The summed E-state index contributed by atoms with van der Waals surface area (Å²) < 4.78 is 1.35. The average Bonchev–Trinajstić information content (AvgIpc) is 2.31. The van der Waals surface area contributed by atoms with Gasteiger partial charge in [-0.15, -0.1) is 0 Å². The molecule has 1 aromatic heterocycles. The number of rotatable bonds is 4. The number of amides is 2. The van der Waals surface area contributed by atoms with E-state index in [1.807, 2.05) is 0 Å². The van der Waals surface area contributed by atoms with Crippen LogP contribution in [0.25, 0.3) is 0 Å². The van der Waals surface area contributed by atoms with Gasteiger partial charge in [0.05, 0.1) is 5.56 Å². The molecule has 0 unspecified atom stereocenters. The number of carbonyl (C=O) groups excluding carboxylic acids is 1. The van der Waals surface area contributed by atoms with Crippen LogP contribution < -0.4 is 10.9 Å². The summed E-state index contributed by atoms with van der Waals surface area (Å²) in [6.07, 6.45) is 0. The highest BCUT2D eigenvalue weighted by Crippen LogP contribution is 2.10. The van der Waals surface area contributed by atoms with Crippen molar-refractivity contribution in [2.24, 2.45) is 0 Å². The average molecular weight is 281 g/mol. The van der Waals surface area contributed by atoms with Crippen molar-refractivity contribution in [3.63, 3.8) is 0 Å². The minimum Gasteiger partial charge on any atom is -0.478 e. The maximum atomic E-state index is 11.9. The van der Waals surface area contributed by atoms with Gasteiger partial charge in [-0.1, -0.05) is 0 Å². The largest absolute Gasteiger partial charge is 0.478 e. The molecule has 0 saturated carbocycles. The van der Waals surface area contributed by atoms with Crippen molar-refractivity contribution < 1.29 is 14.7 Å². The summed E-state index contributed by atoms with van der Waals surface area (Å²) in [5.41, 5.74) is 0.683. The second kappa shape index (κ2) is 6.23. The molecule has 0 atom stereocenters. The third-order valence-electron chi connectivity index (χ3n) is 3.00. The topological polar surface area (TPSA) is 91.6 Å². The first-order valence-electron chi connectivity index (χ1n) is 6.15. The van der Waals surface area contributed by atoms with Crippen LogP contribution >= 0.6 is 0 Å². The third-order valence-corrected chi connectivity index (χ3v) is 3.00. The molecule has 0 aliphatic heterocycles. The monoisotopic (exact) mass is 281 g/mol. The van der Waals surface area contributed by atoms with Crippen molar-refractivity contribution in [3.8, 4) is 0 Å². The van der Waals surface area contributed by atoms with Crippen molar-refractivity contribution in [2.75, 3.05) is 20.6 Å². The number of carboxylic acids is 1. The molecule has 0 aliphatic carbocycles. The lowest BCUT2D eigenvalue weighted by Crippen LogP contribution is -2.38. The molecule has 2 amide bonds. The number of nitrogens with zero attached hydrogens (tertiary/aromatic N) is 2. The van der Waals surface area contributed by atoms with Crippen LogP contribution in [0.5, 0.6) is 0 Å². The Bertz CT molecular complexity index is 590. The maximum absolute atomic E-state index is 11.9. The van der Waals surface area contributed by atoms with Crippen molar-refractivity contribution >= 4 is 12.0 Å². The number of aryl methyl sites for hydroxylation is 1. The molecule has 0 spiro atoms. The van der Waals surface area contributed by atoms with E-state index < -0.39 is 5.97 Å². The summed E-state index contributed by atoms with van der Waals surface area (Å²) >= 11 is 0. The Hall–Kier alpha value is -2.31. The van der Waals surface area contributed by atoms with Gasteiger partial charge in [-0.25, -0.2) is 9.59 Å². The van der Waals surface area contributed by atoms with Crippen LogP contribution in [0, 0.1) is 13.8 Å². The first-order valence-corrected chi connectivity index (χ1v) is 6.15. The summed E-state index contributed by atoms with van der Waals surface area (Å²) in [5, 5.41) is 11.8. The van der Waals surface area contributed by atoms with Crippen molar-refractivity contribution in [3.05, 3.63) is 33.2 Å². The van der Waals surface area contributed by atoms with Gasteiger partial charge in [-0.3, -0.25) is 4.79 Å². The zero-order valence-corrected chi connectivity index (χ0v) is 12.1. The summed E-state index contributed by atoms with van der Waals surface area (Å²) in [7, 11) is 3.22. The molecule has 0 aromatic carbocycles. The summed E-state index contributed by atoms with van der Waals surface area (Å²) in [5.74, 6) is -1.06. The number of nitrogens with one attached hydrogen (secondary N) is 1. The summed E-state index contributed by atoms with van der Waals surface area (Å²) in [6.45, 7) is 3.66. The van der Waals surface area contributed by atoms with Gasteiger partial charge in [-0.05, 0) is 19.4 Å². The lowest BCUT2D eigenvalue weighted by molar-refractivity contribution is 0.0694. The number of carboxylic acid groups (broad SMARTS) is 1. The molecule has 20 heavy (non-hydrogen) atoms. The predicted octanol–water partition coefficient (Wildman–Crippen LogP) is 0.435. The Morgan fingerprint density at radius 2 is 1.95 bits per heavy atom. The van der Waals surface area contributed by atoms with Gasteiger partial charge < -0.3 is 19.9 Å². The van der Waals surface area contributed by atoms with Crippen molar-refractivity contribution in [1.82, 2.24) is 14.8 Å². The number of aromatic carboxylic acids is 1. The van der Waals surface area contributed by atoms with Gasteiger partial charge in [0.25, 0.3) is 5.56 Å². The zero-order chi connectivity index (χ0) is 15.4. The van der Waals surface area contributed by atoms with Gasteiger partial charge in [-0.2, -0.15) is 0 Å². The molecule has 0 aliphatic rings. The molecule has 1 rings (SSSR count). The fraction of sp³-hybridized carbons (Fsp3) is 0.462. The van der Waals surface area contributed by atoms with Crippen LogP contribution in [-0.4, -0.2) is 47.2 Å².